The first kappa shape index (κ1) is 28.4. The minimum absolute atomic E-state index is 0.0703. The number of pyridine rings is 1. The highest BCUT2D eigenvalue weighted by molar-refractivity contribution is 6.33. The Morgan fingerprint density at radius 3 is 2.56 bits per heavy atom. The van der Waals surface area contributed by atoms with E-state index < -0.39 is 5.82 Å². The van der Waals surface area contributed by atoms with Gasteiger partial charge >= 0.3 is 0 Å². The summed E-state index contributed by atoms with van der Waals surface area (Å²) in [7, 11) is 0. The predicted octanol–water partition coefficient (Wildman–Crippen LogP) is 6.24. The van der Waals surface area contributed by atoms with E-state index in [-0.39, 0.29) is 23.9 Å². The predicted molar refractivity (Wildman–Crippen MR) is 161 cm³/mol. The molecule has 0 radical (unpaired) electrons. The number of nitrogens with zero attached hydrogens (tertiary/aromatic N) is 7. The van der Waals surface area contributed by atoms with E-state index in [2.05, 4.69) is 41.9 Å². The summed E-state index contributed by atoms with van der Waals surface area (Å²) in [6.07, 6.45) is 2.89. The van der Waals surface area contributed by atoms with Crippen LogP contribution in [0.25, 0.3) is 11.3 Å². The van der Waals surface area contributed by atoms with E-state index in [4.69, 9.17) is 21.6 Å². The number of benzene rings is 1. The van der Waals surface area contributed by atoms with Crippen LogP contribution in [0.3, 0.4) is 0 Å². The zero-order valence-corrected chi connectivity index (χ0v) is 24.7. The van der Waals surface area contributed by atoms with Gasteiger partial charge in [0.05, 0.1) is 33.4 Å². The molecule has 1 amide bonds. The van der Waals surface area contributed by atoms with Gasteiger partial charge in [-0.25, -0.2) is 24.3 Å². The lowest BCUT2D eigenvalue weighted by atomic mass is 10.0. The minimum atomic E-state index is -0.426. The van der Waals surface area contributed by atoms with Gasteiger partial charge in [-0.3, -0.25) is 9.69 Å². The first-order chi connectivity index (χ1) is 19.5. The van der Waals surface area contributed by atoms with Crippen molar-refractivity contribution in [1.29, 1.82) is 0 Å². The molecule has 0 N–H and O–H groups in total. The number of rotatable bonds is 4. The highest BCUT2D eigenvalue weighted by Gasteiger charge is 2.38. The molecule has 2 aliphatic rings. The van der Waals surface area contributed by atoms with Gasteiger partial charge in [0, 0.05) is 30.7 Å². The molecular weight excluding hydrogens is 541 g/mol. The molecule has 1 aromatic carbocycles. The maximum atomic E-state index is 15.0. The molecule has 3 aromatic rings. The summed E-state index contributed by atoms with van der Waals surface area (Å²) in [6.45, 7) is 19.1. The van der Waals surface area contributed by atoms with Crippen molar-refractivity contribution in [3.8, 4) is 11.3 Å². The number of amidine groups is 1. The molecule has 1 fully saturated rings. The van der Waals surface area contributed by atoms with Crippen LogP contribution in [0.2, 0.25) is 5.02 Å². The number of fused-ring (bicyclic) bond motifs is 1. The summed E-state index contributed by atoms with van der Waals surface area (Å²) in [5.74, 6) is 1.11. The molecule has 0 aliphatic carbocycles. The molecule has 212 valence electrons. The van der Waals surface area contributed by atoms with Gasteiger partial charge in [-0.05, 0) is 51.0 Å². The van der Waals surface area contributed by atoms with Crippen molar-refractivity contribution in [2.45, 2.75) is 52.6 Å². The van der Waals surface area contributed by atoms with Crippen molar-refractivity contribution in [3.63, 3.8) is 0 Å². The molecule has 8 nitrogen and oxygen atoms in total. The maximum absolute atomic E-state index is 15.0. The number of piperazine rings is 1. The molecule has 0 spiro atoms. The second-order valence-electron chi connectivity index (χ2n) is 10.7. The van der Waals surface area contributed by atoms with E-state index in [0.29, 0.717) is 52.4 Å². The summed E-state index contributed by atoms with van der Waals surface area (Å²) in [6, 6.07) is 8.04. The lowest BCUT2D eigenvalue weighted by Gasteiger charge is -2.46. The van der Waals surface area contributed by atoms with Gasteiger partial charge in [0.2, 0.25) is 5.91 Å². The highest BCUT2D eigenvalue weighted by atomic mass is 35.5. The molecule has 2 atom stereocenters. The molecule has 10 heteroatoms. The molecule has 2 unspecified atom stereocenters. The smallest absolute Gasteiger partial charge is 0.246 e. The number of aromatic nitrogens is 3. The minimum Gasteiger partial charge on any atom is -0.349 e. The Morgan fingerprint density at radius 1 is 1.15 bits per heavy atom. The summed E-state index contributed by atoms with van der Waals surface area (Å²) < 4.78 is 15.0. The van der Waals surface area contributed by atoms with Crippen molar-refractivity contribution < 1.29 is 9.18 Å². The Balaban J connectivity index is 1.72. The fourth-order valence-corrected chi connectivity index (χ4v) is 5.75. The molecule has 5 rings (SSSR count). The largest absolute Gasteiger partial charge is 0.349 e. The third-order valence-corrected chi connectivity index (χ3v) is 7.84. The van der Waals surface area contributed by atoms with Gasteiger partial charge in [0.1, 0.15) is 23.8 Å². The highest BCUT2D eigenvalue weighted by Crippen LogP contribution is 2.43. The zero-order valence-electron chi connectivity index (χ0n) is 23.9. The number of hydrogen-bond donors (Lipinski definition) is 0. The Hall–Kier alpha value is -4.11. The van der Waals surface area contributed by atoms with Crippen molar-refractivity contribution in [3.05, 3.63) is 89.5 Å². The quantitative estimate of drug-likeness (QED) is 0.344. The van der Waals surface area contributed by atoms with Crippen molar-refractivity contribution in [1.82, 2.24) is 24.8 Å². The van der Waals surface area contributed by atoms with Crippen LogP contribution in [0.15, 0.2) is 66.7 Å². The van der Waals surface area contributed by atoms with Crippen LogP contribution in [0, 0.1) is 12.7 Å². The average molecular weight is 574 g/mol. The molecule has 2 aliphatic heterocycles. The first-order valence-corrected chi connectivity index (χ1v) is 14.0. The third kappa shape index (κ3) is 4.99. The first-order valence-electron chi connectivity index (χ1n) is 13.6. The number of aliphatic imine (C=N–C) groups is 1. The van der Waals surface area contributed by atoms with Crippen molar-refractivity contribution >= 4 is 34.8 Å². The Morgan fingerprint density at radius 2 is 1.88 bits per heavy atom. The van der Waals surface area contributed by atoms with Gasteiger partial charge < -0.3 is 9.80 Å². The number of carbonyl (C=O) groups excluding carboxylic acids is 1. The van der Waals surface area contributed by atoms with Crippen molar-refractivity contribution in [2.24, 2.45) is 4.99 Å². The average Bonchev–Trinajstić information content (AvgIpc) is 2.94. The van der Waals surface area contributed by atoms with E-state index >= 15 is 0 Å². The molecule has 41 heavy (non-hydrogen) atoms. The van der Waals surface area contributed by atoms with Gasteiger partial charge in [-0.15, -0.1) is 0 Å². The number of anilines is 2. The third-order valence-electron chi connectivity index (χ3n) is 7.55. The number of aryl methyl sites for hydroxylation is 1. The Kier molecular flexibility index (Phi) is 7.66. The normalized spacial score (nSPS) is 18.9. The van der Waals surface area contributed by atoms with Crippen LogP contribution >= 0.6 is 11.6 Å². The van der Waals surface area contributed by atoms with Crippen molar-refractivity contribution in [2.75, 3.05) is 18.0 Å². The number of hydrogen-bond acceptors (Lipinski definition) is 7. The molecule has 0 bridgehead atoms. The number of carbonyl (C=O) groups is 1. The van der Waals surface area contributed by atoms with E-state index in [1.807, 2.05) is 30.6 Å². The monoisotopic (exact) mass is 573 g/mol. The lowest BCUT2D eigenvalue weighted by molar-refractivity contribution is -0.130. The van der Waals surface area contributed by atoms with Crippen LogP contribution in [0.4, 0.5) is 15.9 Å². The van der Waals surface area contributed by atoms with Crippen LogP contribution in [0.1, 0.15) is 50.6 Å². The second-order valence-corrected chi connectivity index (χ2v) is 11.2. The van der Waals surface area contributed by atoms with E-state index in [1.54, 1.807) is 30.6 Å². The standard InChI is InChI=1S/C31H33ClFN7O/c1-8-26(41)38-14-19(5)39(15-18(38)4)30-23-13-24(32)28(22-11-9-10-12-25(22)33)37-31(23)40(21(7)36-30)29-20(6)34-16-35-27(29)17(2)3/h8-13,16-19H,1,7,14-15H2,2-6H3. The fourth-order valence-electron chi connectivity index (χ4n) is 5.50. The van der Waals surface area contributed by atoms with Crippen LogP contribution < -0.4 is 4.90 Å². The van der Waals surface area contributed by atoms with E-state index in [9.17, 15) is 9.18 Å². The molecule has 0 saturated carbocycles. The van der Waals surface area contributed by atoms with Gasteiger partial charge in [0.15, 0.2) is 5.82 Å². The molecule has 2 aromatic heterocycles. The molecule has 4 heterocycles. The van der Waals surface area contributed by atoms with Gasteiger partial charge in [-0.2, -0.15) is 0 Å². The number of halogens is 2. The zero-order chi connectivity index (χ0) is 29.6. The maximum Gasteiger partial charge on any atom is 0.246 e. The fraction of sp³-hybridized carbons (Fsp3) is 0.323. The SMILES string of the molecule is C=CC(=O)N1CC(C)N(C2=NC(=C)N(c3c(C)ncnc3C(C)C)c3nc(-c4ccccc4F)c(Cl)cc32)CC1C. The summed E-state index contributed by atoms with van der Waals surface area (Å²) in [5.41, 5.74) is 3.55. The van der Waals surface area contributed by atoms with E-state index in [1.165, 1.54) is 12.1 Å². The Bertz CT molecular complexity index is 1590. The molecular formula is C31H33ClFN7O. The second kappa shape index (κ2) is 11.0. The van der Waals surface area contributed by atoms with Crippen LogP contribution in [-0.4, -0.2) is 61.7 Å². The molecule has 1 saturated heterocycles. The van der Waals surface area contributed by atoms with Crippen LogP contribution in [0.5, 0.6) is 0 Å². The van der Waals surface area contributed by atoms with Gasteiger partial charge in [-0.1, -0.05) is 50.7 Å². The Labute approximate surface area is 244 Å². The van der Waals surface area contributed by atoms with Gasteiger partial charge in [0.25, 0.3) is 0 Å². The van der Waals surface area contributed by atoms with E-state index in [0.717, 1.165) is 17.1 Å². The number of amides is 1. The summed E-state index contributed by atoms with van der Waals surface area (Å²) in [4.78, 5) is 37.3. The lowest BCUT2D eigenvalue weighted by Crippen LogP contribution is -2.59. The topological polar surface area (TPSA) is 77.8 Å². The summed E-state index contributed by atoms with van der Waals surface area (Å²) in [5, 5.41) is 0.292. The van der Waals surface area contributed by atoms with Crippen LogP contribution in [-0.2, 0) is 4.79 Å². The summed E-state index contributed by atoms with van der Waals surface area (Å²) >= 11 is 6.83.